The molecule has 0 radical (unpaired) electrons. The SMILES string of the molecule is Cl.O=C([C@H]1CCNC1)N1CCCC1. The Balaban J connectivity index is 0.000000845. The molecule has 4 heteroatoms. The zero-order valence-electron chi connectivity index (χ0n) is 7.79. The first-order valence-electron chi connectivity index (χ1n) is 4.87. The second kappa shape index (κ2) is 4.82. The van der Waals surface area contributed by atoms with Gasteiger partial charge in [0.2, 0.25) is 5.91 Å². The molecule has 2 aliphatic heterocycles. The fourth-order valence-electron chi connectivity index (χ4n) is 2.06. The van der Waals surface area contributed by atoms with E-state index < -0.39 is 0 Å². The van der Waals surface area contributed by atoms with Crippen LogP contribution in [0, 0.1) is 5.92 Å². The summed E-state index contributed by atoms with van der Waals surface area (Å²) >= 11 is 0. The molecule has 0 spiro atoms. The van der Waals surface area contributed by atoms with Gasteiger partial charge in [-0.05, 0) is 25.8 Å². The fourth-order valence-corrected chi connectivity index (χ4v) is 2.06. The van der Waals surface area contributed by atoms with E-state index in [0.29, 0.717) is 5.91 Å². The molecule has 0 aromatic heterocycles. The molecule has 0 aromatic rings. The summed E-state index contributed by atoms with van der Waals surface area (Å²) in [5, 5.41) is 3.23. The lowest BCUT2D eigenvalue weighted by Gasteiger charge is -2.18. The van der Waals surface area contributed by atoms with Crippen LogP contribution in [0.5, 0.6) is 0 Å². The van der Waals surface area contributed by atoms with Crippen molar-refractivity contribution < 1.29 is 4.79 Å². The Morgan fingerprint density at radius 2 is 2.00 bits per heavy atom. The number of nitrogens with one attached hydrogen (secondary N) is 1. The van der Waals surface area contributed by atoms with Gasteiger partial charge in [-0.1, -0.05) is 0 Å². The topological polar surface area (TPSA) is 32.3 Å². The average Bonchev–Trinajstić information content (AvgIpc) is 2.77. The summed E-state index contributed by atoms with van der Waals surface area (Å²) in [6.45, 7) is 3.91. The smallest absolute Gasteiger partial charge is 0.227 e. The maximum atomic E-state index is 11.7. The van der Waals surface area contributed by atoms with Crippen molar-refractivity contribution in [1.29, 1.82) is 0 Å². The van der Waals surface area contributed by atoms with E-state index in [1.165, 1.54) is 12.8 Å². The van der Waals surface area contributed by atoms with Gasteiger partial charge in [-0.15, -0.1) is 12.4 Å². The monoisotopic (exact) mass is 204 g/mol. The molecule has 0 bridgehead atoms. The number of halogens is 1. The number of hydrogen-bond donors (Lipinski definition) is 1. The molecule has 13 heavy (non-hydrogen) atoms. The van der Waals surface area contributed by atoms with Gasteiger partial charge in [0.25, 0.3) is 0 Å². The lowest BCUT2D eigenvalue weighted by atomic mass is 10.1. The molecule has 76 valence electrons. The van der Waals surface area contributed by atoms with Gasteiger partial charge in [0.05, 0.1) is 5.92 Å². The maximum absolute atomic E-state index is 11.7. The Kier molecular flexibility index (Phi) is 4.00. The molecule has 2 heterocycles. The van der Waals surface area contributed by atoms with E-state index in [2.05, 4.69) is 5.32 Å². The first-order valence-corrected chi connectivity index (χ1v) is 4.87. The number of carbonyl (C=O) groups is 1. The van der Waals surface area contributed by atoms with Gasteiger partial charge in [-0.2, -0.15) is 0 Å². The molecule has 2 aliphatic rings. The van der Waals surface area contributed by atoms with Crippen LogP contribution in [0.2, 0.25) is 0 Å². The zero-order chi connectivity index (χ0) is 8.39. The molecule has 1 N–H and O–H groups in total. The van der Waals surface area contributed by atoms with Crippen LogP contribution >= 0.6 is 12.4 Å². The predicted molar refractivity (Wildman–Crippen MR) is 54.0 cm³/mol. The minimum atomic E-state index is 0. The Labute approximate surface area is 85.3 Å². The van der Waals surface area contributed by atoms with E-state index in [1.54, 1.807) is 0 Å². The Bertz CT molecular complexity index is 156. The number of nitrogens with zero attached hydrogens (tertiary/aromatic N) is 1. The lowest BCUT2D eigenvalue weighted by Crippen LogP contribution is -2.34. The number of rotatable bonds is 1. The zero-order valence-corrected chi connectivity index (χ0v) is 8.61. The number of likely N-dealkylation sites (tertiary alicyclic amines) is 1. The quantitative estimate of drug-likeness (QED) is 0.680. The van der Waals surface area contributed by atoms with Gasteiger partial charge in [-0.3, -0.25) is 4.79 Å². The van der Waals surface area contributed by atoms with Crippen molar-refractivity contribution in [2.24, 2.45) is 5.92 Å². The van der Waals surface area contributed by atoms with Crippen LogP contribution in [0.3, 0.4) is 0 Å². The first-order chi connectivity index (χ1) is 5.88. The minimum absolute atomic E-state index is 0. The second-order valence-electron chi connectivity index (χ2n) is 3.72. The molecule has 3 nitrogen and oxygen atoms in total. The van der Waals surface area contributed by atoms with Crippen LogP contribution < -0.4 is 5.32 Å². The average molecular weight is 205 g/mol. The summed E-state index contributed by atoms with van der Waals surface area (Å²) in [7, 11) is 0. The molecule has 2 rings (SSSR count). The van der Waals surface area contributed by atoms with Crippen LogP contribution in [0.15, 0.2) is 0 Å². The Morgan fingerprint density at radius 1 is 1.31 bits per heavy atom. The van der Waals surface area contributed by atoms with Crippen LogP contribution in [0.4, 0.5) is 0 Å². The van der Waals surface area contributed by atoms with E-state index in [9.17, 15) is 4.79 Å². The van der Waals surface area contributed by atoms with Gasteiger partial charge >= 0.3 is 0 Å². The summed E-state index contributed by atoms with van der Waals surface area (Å²) < 4.78 is 0. The molecule has 0 saturated carbocycles. The van der Waals surface area contributed by atoms with Gasteiger partial charge in [-0.25, -0.2) is 0 Å². The molecule has 1 amide bonds. The van der Waals surface area contributed by atoms with E-state index in [0.717, 1.165) is 32.6 Å². The van der Waals surface area contributed by atoms with Crippen molar-refractivity contribution in [3.05, 3.63) is 0 Å². The normalized spacial score (nSPS) is 27.4. The largest absolute Gasteiger partial charge is 0.342 e. The van der Waals surface area contributed by atoms with Crippen molar-refractivity contribution in [2.45, 2.75) is 19.3 Å². The molecule has 0 aromatic carbocycles. The highest BCUT2D eigenvalue weighted by Crippen LogP contribution is 2.16. The summed E-state index contributed by atoms with van der Waals surface area (Å²) in [6.07, 6.45) is 3.44. The first kappa shape index (κ1) is 10.8. The highest BCUT2D eigenvalue weighted by molar-refractivity contribution is 5.85. The van der Waals surface area contributed by atoms with Gasteiger partial charge < -0.3 is 10.2 Å². The number of carbonyl (C=O) groups excluding carboxylic acids is 1. The molecule has 0 unspecified atom stereocenters. The fraction of sp³-hybridized carbons (Fsp3) is 0.889. The summed E-state index contributed by atoms with van der Waals surface area (Å²) in [5.41, 5.74) is 0. The lowest BCUT2D eigenvalue weighted by molar-refractivity contribution is -0.133. The van der Waals surface area contributed by atoms with Gasteiger partial charge in [0, 0.05) is 19.6 Å². The number of amides is 1. The highest BCUT2D eigenvalue weighted by atomic mass is 35.5. The Hall–Kier alpha value is -0.280. The van der Waals surface area contributed by atoms with Crippen molar-refractivity contribution in [2.75, 3.05) is 26.2 Å². The third-order valence-electron chi connectivity index (χ3n) is 2.83. The predicted octanol–water partition coefficient (Wildman–Crippen LogP) is 0.640. The summed E-state index contributed by atoms with van der Waals surface area (Å²) in [4.78, 5) is 13.8. The van der Waals surface area contributed by atoms with E-state index in [4.69, 9.17) is 0 Å². The Morgan fingerprint density at radius 3 is 2.54 bits per heavy atom. The third-order valence-corrected chi connectivity index (χ3v) is 2.83. The molecule has 1 atom stereocenters. The molecule has 2 saturated heterocycles. The van der Waals surface area contributed by atoms with Gasteiger partial charge in [0.15, 0.2) is 0 Å². The summed E-state index contributed by atoms with van der Waals surface area (Å²) in [6, 6.07) is 0. The van der Waals surface area contributed by atoms with Crippen LogP contribution in [-0.4, -0.2) is 37.0 Å². The van der Waals surface area contributed by atoms with Crippen molar-refractivity contribution >= 4 is 18.3 Å². The van der Waals surface area contributed by atoms with E-state index in [-0.39, 0.29) is 18.3 Å². The second-order valence-corrected chi connectivity index (χ2v) is 3.72. The molecular weight excluding hydrogens is 188 g/mol. The molecule has 2 fully saturated rings. The van der Waals surface area contributed by atoms with E-state index in [1.807, 2.05) is 4.90 Å². The van der Waals surface area contributed by atoms with E-state index >= 15 is 0 Å². The highest BCUT2D eigenvalue weighted by Gasteiger charge is 2.28. The number of hydrogen-bond acceptors (Lipinski definition) is 2. The third kappa shape index (κ3) is 2.35. The van der Waals surface area contributed by atoms with Crippen LogP contribution in [0.1, 0.15) is 19.3 Å². The van der Waals surface area contributed by atoms with Crippen LogP contribution in [-0.2, 0) is 4.79 Å². The molecular formula is C9H17ClN2O. The standard InChI is InChI=1S/C9H16N2O.ClH/c12-9(8-3-4-10-7-8)11-5-1-2-6-11;/h8,10H,1-7H2;1H/t8-;/m0./s1. The van der Waals surface area contributed by atoms with Crippen molar-refractivity contribution in [1.82, 2.24) is 10.2 Å². The van der Waals surface area contributed by atoms with Crippen molar-refractivity contribution in [3.8, 4) is 0 Å². The minimum Gasteiger partial charge on any atom is -0.342 e. The molecule has 0 aliphatic carbocycles. The maximum Gasteiger partial charge on any atom is 0.227 e. The summed E-state index contributed by atoms with van der Waals surface area (Å²) in [5.74, 6) is 0.667. The van der Waals surface area contributed by atoms with Gasteiger partial charge in [0.1, 0.15) is 0 Å². The van der Waals surface area contributed by atoms with Crippen LogP contribution in [0.25, 0.3) is 0 Å². The van der Waals surface area contributed by atoms with Crippen molar-refractivity contribution in [3.63, 3.8) is 0 Å².